The highest BCUT2D eigenvalue weighted by Crippen LogP contribution is 2.25. The standard InChI is InChI=1S/C20H25N3O3.2ClH/c1-2-12-25-17-5-7-18(8-6-17)26-20-16(4-3-10-22-20)14-23-19(24)15-9-11-21-13-15;;/h3-8,10,15,21H,2,9,11-14H2,1H3,(H,23,24);2*1H. The summed E-state index contributed by atoms with van der Waals surface area (Å²) in [5.41, 5.74) is 0.845. The Labute approximate surface area is 178 Å². The number of amides is 1. The molecule has 0 aliphatic carbocycles. The van der Waals surface area contributed by atoms with E-state index in [0.29, 0.717) is 24.8 Å². The number of pyridine rings is 1. The Morgan fingerprint density at radius 1 is 1.21 bits per heavy atom. The molecule has 28 heavy (non-hydrogen) atoms. The van der Waals surface area contributed by atoms with Crippen molar-refractivity contribution in [2.24, 2.45) is 5.92 Å². The monoisotopic (exact) mass is 427 g/mol. The van der Waals surface area contributed by atoms with Gasteiger partial charge in [0.2, 0.25) is 11.8 Å². The van der Waals surface area contributed by atoms with Gasteiger partial charge in [0, 0.05) is 24.8 Å². The third kappa shape index (κ3) is 6.86. The van der Waals surface area contributed by atoms with Crippen LogP contribution in [0.15, 0.2) is 42.6 Å². The molecule has 1 atom stereocenters. The van der Waals surface area contributed by atoms with Crippen LogP contribution in [0.4, 0.5) is 0 Å². The van der Waals surface area contributed by atoms with E-state index in [1.807, 2.05) is 36.4 Å². The lowest BCUT2D eigenvalue weighted by Crippen LogP contribution is -2.31. The molecule has 1 aromatic carbocycles. The molecule has 6 nitrogen and oxygen atoms in total. The molecule has 2 heterocycles. The molecular formula is C20H27Cl2N3O3. The van der Waals surface area contributed by atoms with E-state index in [0.717, 1.165) is 37.2 Å². The molecule has 2 N–H and O–H groups in total. The Kier molecular flexibility index (Phi) is 10.7. The normalized spacial score (nSPS) is 15.1. The van der Waals surface area contributed by atoms with Gasteiger partial charge in [0.05, 0.1) is 12.5 Å². The van der Waals surface area contributed by atoms with E-state index >= 15 is 0 Å². The molecular weight excluding hydrogens is 401 g/mol. The molecule has 1 unspecified atom stereocenters. The highest BCUT2D eigenvalue weighted by Gasteiger charge is 2.22. The van der Waals surface area contributed by atoms with Crippen LogP contribution in [0, 0.1) is 5.92 Å². The fourth-order valence-electron chi connectivity index (χ4n) is 2.79. The number of hydrogen-bond donors (Lipinski definition) is 2. The van der Waals surface area contributed by atoms with Crippen molar-refractivity contribution in [3.8, 4) is 17.4 Å². The highest BCUT2D eigenvalue weighted by atomic mass is 35.5. The van der Waals surface area contributed by atoms with Crippen LogP contribution in [0.1, 0.15) is 25.3 Å². The number of halogens is 2. The van der Waals surface area contributed by atoms with Crippen LogP contribution in [0.2, 0.25) is 0 Å². The summed E-state index contributed by atoms with van der Waals surface area (Å²) < 4.78 is 11.5. The molecule has 0 saturated carbocycles. The zero-order valence-electron chi connectivity index (χ0n) is 15.8. The molecule has 2 aromatic rings. The van der Waals surface area contributed by atoms with Crippen LogP contribution >= 0.6 is 24.8 Å². The van der Waals surface area contributed by atoms with Gasteiger partial charge in [-0.2, -0.15) is 0 Å². The minimum absolute atomic E-state index is 0. The quantitative estimate of drug-likeness (QED) is 0.671. The van der Waals surface area contributed by atoms with E-state index in [1.54, 1.807) is 6.20 Å². The van der Waals surface area contributed by atoms with Crippen molar-refractivity contribution in [2.75, 3.05) is 19.7 Å². The summed E-state index contributed by atoms with van der Waals surface area (Å²) in [5.74, 6) is 2.12. The van der Waals surface area contributed by atoms with Crippen LogP contribution in [0.3, 0.4) is 0 Å². The second-order valence-electron chi connectivity index (χ2n) is 6.30. The first-order chi connectivity index (χ1) is 12.8. The molecule has 1 aromatic heterocycles. The summed E-state index contributed by atoms with van der Waals surface area (Å²) in [6.07, 6.45) is 3.53. The molecule has 1 amide bonds. The van der Waals surface area contributed by atoms with Gasteiger partial charge < -0.3 is 20.1 Å². The summed E-state index contributed by atoms with van der Waals surface area (Å²) in [6.45, 7) is 4.81. The van der Waals surface area contributed by atoms with Gasteiger partial charge in [-0.25, -0.2) is 4.98 Å². The second kappa shape index (κ2) is 12.4. The second-order valence-corrected chi connectivity index (χ2v) is 6.30. The van der Waals surface area contributed by atoms with Crippen molar-refractivity contribution in [3.05, 3.63) is 48.2 Å². The average Bonchev–Trinajstić information content (AvgIpc) is 3.21. The maximum Gasteiger partial charge on any atom is 0.224 e. The van der Waals surface area contributed by atoms with E-state index in [9.17, 15) is 4.79 Å². The summed E-state index contributed by atoms with van der Waals surface area (Å²) in [7, 11) is 0. The lowest BCUT2D eigenvalue weighted by molar-refractivity contribution is -0.124. The summed E-state index contributed by atoms with van der Waals surface area (Å²) >= 11 is 0. The SMILES string of the molecule is CCCOc1ccc(Oc2ncccc2CNC(=O)C2CCNC2)cc1.Cl.Cl. The fourth-order valence-corrected chi connectivity index (χ4v) is 2.79. The molecule has 1 fully saturated rings. The molecule has 8 heteroatoms. The predicted octanol–water partition coefficient (Wildman–Crippen LogP) is 3.73. The smallest absolute Gasteiger partial charge is 0.224 e. The van der Waals surface area contributed by atoms with Gasteiger partial charge in [0.1, 0.15) is 11.5 Å². The van der Waals surface area contributed by atoms with E-state index in [2.05, 4.69) is 22.5 Å². The Morgan fingerprint density at radius 2 is 1.96 bits per heavy atom. The number of carbonyl (C=O) groups is 1. The number of rotatable bonds is 8. The van der Waals surface area contributed by atoms with Crippen LogP contribution in [-0.4, -0.2) is 30.6 Å². The van der Waals surface area contributed by atoms with Gasteiger partial charge >= 0.3 is 0 Å². The van der Waals surface area contributed by atoms with Gasteiger partial charge in [-0.15, -0.1) is 24.8 Å². The first-order valence-electron chi connectivity index (χ1n) is 9.09. The number of nitrogens with one attached hydrogen (secondary N) is 2. The number of carbonyl (C=O) groups excluding carboxylic acids is 1. The van der Waals surface area contributed by atoms with Crippen molar-refractivity contribution in [3.63, 3.8) is 0 Å². The van der Waals surface area contributed by atoms with Gasteiger partial charge in [0.15, 0.2) is 0 Å². The average molecular weight is 428 g/mol. The molecule has 0 bridgehead atoms. The van der Waals surface area contributed by atoms with Crippen molar-refractivity contribution < 1.29 is 14.3 Å². The van der Waals surface area contributed by atoms with Crippen LogP contribution < -0.4 is 20.1 Å². The van der Waals surface area contributed by atoms with Crippen molar-refractivity contribution in [1.82, 2.24) is 15.6 Å². The zero-order chi connectivity index (χ0) is 18.2. The molecule has 1 aliphatic heterocycles. The number of hydrogen-bond acceptors (Lipinski definition) is 5. The minimum atomic E-state index is 0. The zero-order valence-corrected chi connectivity index (χ0v) is 17.5. The topological polar surface area (TPSA) is 72.5 Å². The number of ether oxygens (including phenoxy) is 2. The number of nitrogens with zero attached hydrogens (tertiary/aromatic N) is 1. The highest BCUT2D eigenvalue weighted by molar-refractivity contribution is 5.85. The van der Waals surface area contributed by atoms with Gasteiger partial charge in [0.25, 0.3) is 0 Å². The molecule has 0 radical (unpaired) electrons. The Bertz CT molecular complexity index is 723. The van der Waals surface area contributed by atoms with Gasteiger partial charge in [-0.3, -0.25) is 4.79 Å². The predicted molar refractivity (Wildman–Crippen MR) is 114 cm³/mol. The fraction of sp³-hybridized carbons (Fsp3) is 0.400. The summed E-state index contributed by atoms with van der Waals surface area (Å²) in [4.78, 5) is 16.5. The lowest BCUT2D eigenvalue weighted by atomic mass is 10.1. The van der Waals surface area contributed by atoms with Crippen LogP contribution in [-0.2, 0) is 11.3 Å². The number of benzene rings is 1. The lowest BCUT2D eigenvalue weighted by Gasteiger charge is -2.13. The molecule has 154 valence electrons. The van der Waals surface area contributed by atoms with Gasteiger partial charge in [-0.1, -0.05) is 13.0 Å². The third-order valence-electron chi connectivity index (χ3n) is 4.25. The summed E-state index contributed by atoms with van der Waals surface area (Å²) in [6, 6.07) is 11.2. The first kappa shape index (κ1) is 24.0. The van der Waals surface area contributed by atoms with Crippen molar-refractivity contribution in [1.29, 1.82) is 0 Å². The van der Waals surface area contributed by atoms with Crippen LogP contribution in [0.25, 0.3) is 0 Å². The molecule has 1 aliphatic rings. The maximum atomic E-state index is 12.2. The largest absolute Gasteiger partial charge is 0.494 e. The third-order valence-corrected chi connectivity index (χ3v) is 4.25. The van der Waals surface area contributed by atoms with E-state index in [4.69, 9.17) is 9.47 Å². The minimum Gasteiger partial charge on any atom is -0.494 e. The van der Waals surface area contributed by atoms with Gasteiger partial charge in [-0.05, 0) is 49.7 Å². The van der Waals surface area contributed by atoms with E-state index in [-0.39, 0.29) is 36.6 Å². The van der Waals surface area contributed by atoms with Crippen LogP contribution in [0.5, 0.6) is 17.4 Å². The number of aromatic nitrogens is 1. The van der Waals surface area contributed by atoms with Crippen molar-refractivity contribution >= 4 is 30.7 Å². The molecule has 3 rings (SSSR count). The van der Waals surface area contributed by atoms with E-state index in [1.165, 1.54) is 0 Å². The van der Waals surface area contributed by atoms with Crippen molar-refractivity contribution in [2.45, 2.75) is 26.3 Å². The maximum absolute atomic E-state index is 12.2. The van der Waals surface area contributed by atoms with E-state index < -0.39 is 0 Å². The molecule has 1 saturated heterocycles. The molecule has 0 spiro atoms. The Balaban J connectivity index is 0.00000196. The summed E-state index contributed by atoms with van der Waals surface area (Å²) in [5, 5.41) is 6.18. The Hall–Kier alpha value is -2.02. The Morgan fingerprint density at radius 3 is 2.64 bits per heavy atom. The first-order valence-corrected chi connectivity index (χ1v) is 9.09.